The summed E-state index contributed by atoms with van der Waals surface area (Å²) in [4.78, 5) is 0. The second-order valence-corrected chi connectivity index (χ2v) is 7.51. The van der Waals surface area contributed by atoms with E-state index in [1.54, 1.807) is 7.05 Å². The average molecular weight is 308 g/mol. The van der Waals surface area contributed by atoms with Gasteiger partial charge < -0.3 is 5.32 Å². The van der Waals surface area contributed by atoms with E-state index in [1.165, 1.54) is 4.31 Å². The summed E-state index contributed by atoms with van der Waals surface area (Å²) in [7, 11) is -1.71. The van der Waals surface area contributed by atoms with Gasteiger partial charge in [0.15, 0.2) is 0 Å². The van der Waals surface area contributed by atoms with E-state index in [2.05, 4.69) is 30.8 Å². The molecule has 2 unspecified atom stereocenters. The van der Waals surface area contributed by atoms with Crippen LogP contribution < -0.4 is 10.0 Å². The van der Waals surface area contributed by atoms with Crippen LogP contribution in [0, 0.1) is 5.92 Å². The van der Waals surface area contributed by atoms with Gasteiger partial charge in [0.25, 0.3) is 10.2 Å². The van der Waals surface area contributed by atoms with Gasteiger partial charge in [0.05, 0.1) is 0 Å². The van der Waals surface area contributed by atoms with E-state index in [9.17, 15) is 8.42 Å². The minimum Gasteiger partial charge on any atom is -0.317 e. The second kappa shape index (κ2) is 10.5. The van der Waals surface area contributed by atoms with Gasteiger partial charge in [-0.15, -0.1) is 0 Å². The first-order chi connectivity index (χ1) is 9.33. The molecule has 0 amide bonds. The molecule has 0 saturated carbocycles. The van der Waals surface area contributed by atoms with Crippen LogP contribution >= 0.6 is 0 Å². The zero-order valence-electron chi connectivity index (χ0n) is 13.8. The summed E-state index contributed by atoms with van der Waals surface area (Å²) in [6.45, 7) is 10.7. The third kappa shape index (κ3) is 8.89. The van der Waals surface area contributed by atoms with Crippen molar-refractivity contribution >= 4 is 10.2 Å². The summed E-state index contributed by atoms with van der Waals surface area (Å²) in [5.74, 6) is 0.538. The van der Waals surface area contributed by atoms with Crippen molar-refractivity contribution in [1.29, 1.82) is 0 Å². The van der Waals surface area contributed by atoms with Crippen LogP contribution in [0.1, 0.15) is 53.4 Å². The van der Waals surface area contributed by atoms with Crippen LogP contribution in [-0.2, 0) is 10.2 Å². The van der Waals surface area contributed by atoms with E-state index in [0.29, 0.717) is 12.5 Å². The van der Waals surface area contributed by atoms with E-state index in [4.69, 9.17) is 0 Å². The summed E-state index contributed by atoms with van der Waals surface area (Å²) in [6, 6.07) is -0.0179. The topological polar surface area (TPSA) is 61.4 Å². The number of hydrogen-bond acceptors (Lipinski definition) is 3. The Bertz CT molecular complexity index is 333. The smallest absolute Gasteiger partial charge is 0.279 e. The first kappa shape index (κ1) is 19.8. The highest BCUT2D eigenvalue weighted by molar-refractivity contribution is 7.87. The molecule has 0 aromatic carbocycles. The summed E-state index contributed by atoms with van der Waals surface area (Å²) in [5, 5.41) is 3.27. The van der Waals surface area contributed by atoms with Crippen molar-refractivity contribution in [2.45, 2.75) is 59.4 Å². The third-order valence-corrected chi connectivity index (χ3v) is 5.17. The minimum atomic E-state index is -3.35. The zero-order valence-corrected chi connectivity index (χ0v) is 14.6. The minimum absolute atomic E-state index is 0.0179. The van der Waals surface area contributed by atoms with Crippen molar-refractivity contribution in [3.05, 3.63) is 0 Å². The van der Waals surface area contributed by atoms with Crippen molar-refractivity contribution in [3.8, 4) is 0 Å². The van der Waals surface area contributed by atoms with Gasteiger partial charge in [0, 0.05) is 19.6 Å². The fourth-order valence-corrected chi connectivity index (χ4v) is 3.17. The Morgan fingerprint density at radius 1 is 1.15 bits per heavy atom. The van der Waals surface area contributed by atoms with Gasteiger partial charge in [-0.25, -0.2) is 0 Å². The Balaban J connectivity index is 4.07. The highest BCUT2D eigenvalue weighted by Gasteiger charge is 2.20. The summed E-state index contributed by atoms with van der Waals surface area (Å²) in [5.41, 5.74) is 0. The molecule has 0 aliphatic carbocycles. The van der Waals surface area contributed by atoms with E-state index >= 15 is 0 Å². The van der Waals surface area contributed by atoms with E-state index in [0.717, 1.165) is 38.8 Å². The largest absolute Gasteiger partial charge is 0.317 e. The van der Waals surface area contributed by atoms with Crippen LogP contribution in [0.3, 0.4) is 0 Å². The molecule has 5 nitrogen and oxygen atoms in total. The van der Waals surface area contributed by atoms with Gasteiger partial charge in [-0.2, -0.15) is 17.4 Å². The lowest BCUT2D eigenvalue weighted by atomic mass is 10.0. The summed E-state index contributed by atoms with van der Waals surface area (Å²) < 4.78 is 28.4. The van der Waals surface area contributed by atoms with Crippen LogP contribution in [0.15, 0.2) is 0 Å². The average Bonchev–Trinajstić information content (AvgIpc) is 2.37. The fraction of sp³-hybridized carbons (Fsp3) is 1.00. The highest BCUT2D eigenvalue weighted by Crippen LogP contribution is 2.10. The molecule has 122 valence electrons. The van der Waals surface area contributed by atoms with E-state index < -0.39 is 10.2 Å². The van der Waals surface area contributed by atoms with Crippen LogP contribution in [0.5, 0.6) is 0 Å². The van der Waals surface area contributed by atoms with Crippen LogP contribution in [0.2, 0.25) is 0 Å². The SMILES string of the molecule is CCCNCCCN(C)S(=O)(=O)NC(C)CC(C)CC. The van der Waals surface area contributed by atoms with Crippen molar-refractivity contribution in [2.75, 3.05) is 26.7 Å². The Morgan fingerprint density at radius 3 is 2.35 bits per heavy atom. The number of nitrogens with zero attached hydrogens (tertiary/aromatic N) is 1. The molecule has 0 spiro atoms. The Hall–Kier alpha value is -0.170. The lowest BCUT2D eigenvalue weighted by Crippen LogP contribution is -2.43. The molecule has 6 heteroatoms. The Labute approximate surface area is 125 Å². The van der Waals surface area contributed by atoms with Crippen molar-refractivity contribution in [1.82, 2.24) is 14.3 Å². The molecule has 0 fully saturated rings. The molecule has 0 saturated heterocycles. The van der Waals surface area contributed by atoms with Gasteiger partial charge in [-0.05, 0) is 45.2 Å². The van der Waals surface area contributed by atoms with Gasteiger partial charge in [-0.3, -0.25) is 0 Å². The van der Waals surface area contributed by atoms with Gasteiger partial charge in [0.1, 0.15) is 0 Å². The van der Waals surface area contributed by atoms with Gasteiger partial charge in [-0.1, -0.05) is 27.2 Å². The molecule has 0 aliphatic heterocycles. The molecule has 0 aromatic heterocycles. The summed E-state index contributed by atoms with van der Waals surface area (Å²) >= 11 is 0. The van der Waals surface area contributed by atoms with Crippen molar-refractivity contribution in [3.63, 3.8) is 0 Å². The lowest BCUT2D eigenvalue weighted by Gasteiger charge is -2.22. The zero-order chi connectivity index (χ0) is 15.6. The quantitative estimate of drug-likeness (QED) is 0.542. The Morgan fingerprint density at radius 2 is 1.80 bits per heavy atom. The summed E-state index contributed by atoms with van der Waals surface area (Å²) in [6.07, 6.45) is 3.88. The predicted octanol–water partition coefficient (Wildman–Crippen LogP) is 1.97. The highest BCUT2D eigenvalue weighted by atomic mass is 32.2. The lowest BCUT2D eigenvalue weighted by molar-refractivity contribution is 0.412. The third-order valence-electron chi connectivity index (χ3n) is 3.47. The van der Waals surface area contributed by atoms with Gasteiger partial charge in [0.2, 0.25) is 0 Å². The standard InChI is InChI=1S/C14H33N3O2S/c1-6-9-15-10-8-11-17(5)20(18,19)16-14(4)12-13(3)7-2/h13-16H,6-12H2,1-5H3. The number of hydrogen-bond donors (Lipinski definition) is 2. The number of nitrogens with one attached hydrogen (secondary N) is 2. The van der Waals surface area contributed by atoms with Crippen molar-refractivity contribution in [2.24, 2.45) is 5.92 Å². The molecule has 0 aliphatic rings. The maximum Gasteiger partial charge on any atom is 0.279 e. The van der Waals surface area contributed by atoms with Crippen LogP contribution in [-0.4, -0.2) is 45.4 Å². The molecule has 20 heavy (non-hydrogen) atoms. The first-order valence-corrected chi connectivity index (χ1v) is 9.21. The molecular weight excluding hydrogens is 274 g/mol. The monoisotopic (exact) mass is 307 g/mol. The molecule has 0 heterocycles. The predicted molar refractivity (Wildman–Crippen MR) is 86.0 cm³/mol. The van der Waals surface area contributed by atoms with E-state index in [-0.39, 0.29) is 6.04 Å². The van der Waals surface area contributed by atoms with Gasteiger partial charge >= 0.3 is 0 Å². The molecule has 0 aromatic rings. The Kier molecular flexibility index (Phi) is 10.5. The van der Waals surface area contributed by atoms with Crippen molar-refractivity contribution < 1.29 is 8.42 Å². The fourth-order valence-electron chi connectivity index (χ4n) is 2.01. The molecular formula is C14H33N3O2S. The number of rotatable bonds is 12. The second-order valence-electron chi connectivity index (χ2n) is 5.70. The maximum atomic E-state index is 12.1. The first-order valence-electron chi connectivity index (χ1n) is 7.77. The van der Waals surface area contributed by atoms with E-state index in [1.807, 2.05) is 6.92 Å². The molecule has 2 atom stereocenters. The maximum absolute atomic E-state index is 12.1. The normalized spacial score (nSPS) is 15.5. The van der Waals surface area contributed by atoms with Crippen LogP contribution in [0.25, 0.3) is 0 Å². The molecule has 2 N–H and O–H groups in total. The van der Waals surface area contributed by atoms with Crippen LogP contribution in [0.4, 0.5) is 0 Å². The molecule has 0 bridgehead atoms. The molecule has 0 radical (unpaired) electrons. The molecule has 0 rings (SSSR count).